The summed E-state index contributed by atoms with van der Waals surface area (Å²) in [5, 5.41) is 10.9. The molecule has 0 unspecified atom stereocenters. The van der Waals surface area contributed by atoms with Crippen LogP contribution in [0.3, 0.4) is 0 Å². The first-order chi connectivity index (χ1) is 16.4. The maximum absolute atomic E-state index is 13.5. The van der Waals surface area contributed by atoms with Crippen molar-refractivity contribution in [1.82, 2.24) is 24.0 Å². The SMILES string of the molecule is Cc1cn([C@@H]2CN(C(=O)CCCn3c(C(F)(F)F)nc4ccccc43)CC[C@@]2(C)O)c(=O)[nH]c1=O. The second kappa shape index (κ2) is 8.99. The van der Waals surface area contributed by atoms with Crippen LogP contribution in [0.1, 0.15) is 43.6 Å². The molecule has 1 amide bonds. The largest absolute Gasteiger partial charge is 0.449 e. The van der Waals surface area contributed by atoms with Crippen molar-refractivity contribution in [2.75, 3.05) is 13.1 Å². The summed E-state index contributed by atoms with van der Waals surface area (Å²) in [6.07, 6.45) is -2.94. The van der Waals surface area contributed by atoms with Crippen LogP contribution in [0.5, 0.6) is 0 Å². The van der Waals surface area contributed by atoms with E-state index in [1.807, 2.05) is 0 Å². The standard InChI is InChI=1S/C23H26F3N5O4/c1-14-12-31(21(34)28-19(14)33)17-13-29(11-9-22(17,2)35)18(32)8-5-10-30-16-7-4-3-6-15(16)27-20(30)23(24,25)26/h3-4,6-7,12,17,35H,5,8-11,13H2,1-2H3,(H,28,33,34)/t17-,22-/m1/s1. The molecule has 1 aliphatic rings. The number of nitrogens with zero attached hydrogens (tertiary/aromatic N) is 4. The van der Waals surface area contributed by atoms with Crippen molar-refractivity contribution in [2.45, 2.75) is 57.5 Å². The monoisotopic (exact) mass is 493 g/mol. The van der Waals surface area contributed by atoms with Crippen LogP contribution in [0, 0.1) is 6.92 Å². The third kappa shape index (κ3) is 4.88. The number of carbonyl (C=O) groups excluding carboxylic acids is 1. The lowest BCUT2D eigenvalue weighted by atomic mass is 9.88. The molecule has 2 atom stereocenters. The van der Waals surface area contributed by atoms with Gasteiger partial charge >= 0.3 is 11.9 Å². The molecule has 1 saturated heterocycles. The number of halogens is 3. The van der Waals surface area contributed by atoms with Crippen LogP contribution in [-0.4, -0.2) is 53.7 Å². The highest BCUT2D eigenvalue weighted by atomic mass is 19.4. The molecule has 3 aromatic rings. The first-order valence-corrected chi connectivity index (χ1v) is 11.2. The van der Waals surface area contributed by atoms with Gasteiger partial charge in [0.05, 0.1) is 22.7 Å². The van der Waals surface area contributed by atoms with Crippen LogP contribution in [0.25, 0.3) is 11.0 Å². The fraction of sp³-hybridized carbons (Fsp3) is 0.478. The van der Waals surface area contributed by atoms with Crippen molar-refractivity contribution in [1.29, 1.82) is 0 Å². The van der Waals surface area contributed by atoms with Gasteiger partial charge in [-0.3, -0.25) is 19.1 Å². The number of aromatic nitrogens is 4. The summed E-state index contributed by atoms with van der Waals surface area (Å²) in [6, 6.07) is 5.51. The number of aromatic amines is 1. The lowest BCUT2D eigenvalue weighted by molar-refractivity contribution is -0.147. The van der Waals surface area contributed by atoms with Crippen LogP contribution < -0.4 is 11.2 Å². The predicted octanol–water partition coefficient (Wildman–Crippen LogP) is 2.22. The molecular formula is C23H26F3N5O4. The molecule has 0 aliphatic carbocycles. The highest BCUT2D eigenvalue weighted by Crippen LogP contribution is 2.33. The number of H-pyrrole nitrogens is 1. The topological polar surface area (TPSA) is 113 Å². The van der Waals surface area contributed by atoms with Crippen LogP contribution in [0.2, 0.25) is 0 Å². The van der Waals surface area contributed by atoms with E-state index in [2.05, 4.69) is 9.97 Å². The lowest BCUT2D eigenvalue weighted by Crippen LogP contribution is -2.55. The number of benzene rings is 1. The number of rotatable bonds is 5. The van der Waals surface area contributed by atoms with E-state index in [4.69, 9.17) is 0 Å². The Morgan fingerprint density at radius 2 is 2.00 bits per heavy atom. The molecule has 1 aromatic carbocycles. The summed E-state index contributed by atoms with van der Waals surface area (Å²) < 4.78 is 42.8. The summed E-state index contributed by atoms with van der Waals surface area (Å²) in [5.41, 5.74) is -1.66. The molecule has 1 aliphatic heterocycles. The molecule has 2 N–H and O–H groups in total. The first kappa shape index (κ1) is 24.7. The van der Waals surface area contributed by atoms with Crippen LogP contribution >= 0.6 is 0 Å². The second-order valence-electron chi connectivity index (χ2n) is 9.12. The smallest absolute Gasteiger partial charge is 0.388 e. The highest BCUT2D eigenvalue weighted by molar-refractivity contribution is 5.77. The normalized spacial score (nSPS) is 21.0. The molecule has 4 rings (SSSR count). The minimum atomic E-state index is -4.63. The minimum absolute atomic E-state index is 0.0157. The third-order valence-corrected chi connectivity index (χ3v) is 6.51. The van der Waals surface area contributed by atoms with Gasteiger partial charge in [0, 0.05) is 37.8 Å². The number of piperidine rings is 1. The predicted molar refractivity (Wildman–Crippen MR) is 121 cm³/mol. The van der Waals surface area contributed by atoms with Gasteiger partial charge in [0.1, 0.15) is 0 Å². The Balaban J connectivity index is 1.48. The van der Waals surface area contributed by atoms with Gasteiger partial charge in [-0.2, -0.15) is 13.2 Å². The van der Waals surface area contributed by atoms with E-state index in [1.54, 1.807) is 25.1 Å². The molecule has 0 bridgehead atoms. The molecule has 9 nitrogen and oxygen atoms in total. The van der Waals surface area contributed by atoms with Gasteiger partial charge in [0.25, 0.3) is 5.56 Å². The summed E-state index contributed by atoms with van der Waals surface area (Å²) in [7, 11) is 0. The zero-order valence-electron chi connectivity index (χ0n) is 19.3. The Hall–Kier alpha value is -3.41. The number of aliphatic hydroxyl groups is 1. The molecule has 12 heteroatoms. The van der Waals surface area contributed by atoms with E-state index in [0.29, 0.717) is 5.52 Å². The number of nitrogens with one attached hydrogen (secondary N) is 1. The van der Waals surface area contributed by atoms with Crippen molar-refractivity contribution < 1.29 is 23.1 Å². The number of fused-ring (bicyclic) bond motifs is 1. The van der Waals surface area contributed by atoms with E-state index in [-0.39, 0.29) is 55.9 Å². The fourth-order valence-corrected chi connectivity index (χ4v) is 4.52. The Kier molecular flexibility index (Phi) is 6.34. The van der Waals surface area contributed by atoms with Gasteiger partial charge in [-0.15, -0.1) is 0 Å². The average Bonchev–Trinajstić information content (AvgIpc) is 3.16. The van der Waals surface area contributed by atoms with E-state index >= 15 is 0 Å². The van der Waals surface area contributed by atoms with Crippen LogP contribution in [-0.2, 0) is 17.5 Å². The molecule has 3 heterocycles. The number of hydrogen-bond acceptors (Lipinski definition) is 5. The number of amides is 1. The number of likely N-dealkylation sites (tertiary alicyclic amines) is 1. The molecule has 0 saturated carbocycles. The number of hydrogen-bond donors (Lipinski definition) is 2. The maximum Gasteiger partial charge on any atom is 0.449 e. The molecule has 35 heavy (non-hydrogen) atoms. The van der Waals surface area contributed by atoms with Gasteiger partial charge in [-0.05, 0) is 38.8 Å². The van der Waals surface area contributed by atoms with Crippen molar-refractivity contribution in [3.8, 4) is 0 Å². The summed E-state index contributed by atoms with van der Waals surface area (Å²) in [4.78, 5) is 44.4. The van der Waals surface area contributed by atoms with Gasteiger partial charge in [-0.1, -0.05) is 12.1 Å². The maximum atomic E-state index is 13.5. The summed E-state index contributed by atoms with van der Waals surface area (Å²) in [5.74, 6) is -1.30. The Morgan fingerprint density at radius 1 is 1.29 bits per heavy atom. The van der Waals surface area contributed by atoms with Crippen molar-refractivity contribution in [2.24, 2.45) is 0 Å². The zero-order chi connectivity index (χ0) is 25.5. The third-order valence-electron chi connectivity index (χ3n) is 6.51. The molecule has 2 aromatic heterocycles. The molecule has 1 fully saturated rings. The number of imidazole rings is 1. The number of alkyl halides is 3. The zero-order valence-corrected chi connectivity index (χ0v) is 19.3. The fourth-order valence-electron chi connectivity index (χ4n) is 4.52. The molecule has 0 radical (unpaired) electrons. The van der Waals surface area contributed by atoms with Crippen molar-refractivity contribution >= 4 is 16.9 Å². The Morgan fingerprint density at radius 3 is 2.71 bits per heavy atom. The van der Waals surface area contributed by atoms with Gasteiger partial charge in [-0.25, -0.2) is 9.78 Å². The Labute approximate surface area is 197 Å². The van der Waals surface area contributed by atoms with Crippen LogP contribution in [0.4, 0.5) is 13.2 Å². The van der Waals surface area contributed by atoms with E-state index < -0.39 is 34.9 Å². The molecule has 188 valence electrons. The summed E-state index contributed by atoms with van der Waals surface area (Å²) in [6.45, 7) is 3.31. The number of carbonyl (C=O) groups is 1. The molecular weight excluding hydrogens is 467 g/mol. The number of aryl methyl sites for hydroxylation is 2. The Bertz CT molecular complexity index is 1370. The van der Waals surface area contributed by atoms with Crippen molar-refractivity contribution in [3.63, 3.8) is 0 Å². The second-order valence-corrected chi connectivity index (χ2v) is 9.12. The minimum Gasteiger partial charge on any atom is -0.388 e. The average molecular weight is 493 g/mol. The molecule has 0 spiro atoms. The highest BCUT2D eigenvalue weighted by Gasteiger charge is 2.41. The van der Waals surface area contributed by atoms with E-state index in [0.717, 1.165) is 4.57 Å². The van der Waals surface area contributed by atoms with E-state index in [9.17, 15) is 32.7 Å². The quantitative estimate of drug-likeness (QED) is 0.566. The van der Waals surface area contributed by atoms with Gasteiger partial charge in [0.15, 0.2) is 0 Å². The van der Waals surface area contributed by atoms with Gasteiger partial charge in [0.2, 0.25) is 11.7 Å². The first-order valence-electron chi connectivity index (χ1n) is 11.2. The van der Waals surface area contributed by atoms with Gasteiger partial charge < -0.3 is 14.6 Å². The summed E-state index contributed by atoms with van der Waals surface area (Å²) >= 11 is 0. The van der Waals surface area contributed by atoms with Crippen molar-refractivity contribution in [3.05, 3.63) is 62.7 Å². The van der Waals surface area contributed by atoms with Crippen LogP contribution in [0.15, 0.2) is 40.1 Å². The number of para-hydroxylation sites is 2. The van der Waals surface area contributed by atoms with E-state index in [1.165, 1.54) is 28.7 Å². The lowest BCUT2D eigenvalue weighted by Gasteiger charge is -2.43.